The first-order valence-electron chi connectivity index (χ1n) is 4.34. The zero-order valence-electron chi connectivity index (χ0n) is 7.79. The molecule has 0 heterocycles. The Morgan fingerprint density at radius 1 is 1.57 bits per heavy atom. The van der Waals surface area contributed by atoms with Crippen LogP contribution in [0.4, 0.5) is 0 Å². The van der Waals surface area contributed by atoms with Crippen LogP contribution in [0, 0.1) is 5.41 Å². The first kappa shape index (κ1) is 10.2. The van der Waals surface area contributed by atoms with E-state index in [9.17, 15) is 4.79 Å². The maximum Gasteiger partial charge on any atom is 0.207 e. The third-order valence-corrected chi connectivity index (χ3v) is 1.88. The summed E-state index contributed by atoms with van der Waals surface area (Å²) in [6.07, 6.45) is 1.43. The van der Waals surface area contributed by atoms with Gasteiger partial charge >= 0.3 is 0 Å². The largest absolute Gasteiger partial charge is 0.384 e. The normalized spacial score (nSPS) is 9.43. The Morgan fingerprint density at radius 3 is 3.00 bits per heavy atom. The lowest BCUT2D eigenvalue weighted by atomic mass is 10.1. The van der Waals surface area contributed by atoms with Crippen molar-refractivity contribution in [1.82, 2.24) is 5.32 Å². The number of amidine groups is 1. The molecule has 0 aromatic heterocycles. The van der Waals surface area contributed by atoms with Crippen LogP contribution in [0.3, 0.4) is 0 Å². The molecule has 14 heavy (non-hydrogen) atoms. The Kier molecular flexibility index (Phi) is 3.67. The van der Waals surface area contributed by atoms with Gasteiger partial charge in [-0.25, -0.2) is 0 Å². The summed E-state index contributed by atoms with van der Waals surface area (Å²) in [5.74, 6) is 0.0650. The molecule has 1 rings (SSSR count). The summed E-state index contributed by atoms with van der Waals surface area (Å²) in [6, 6.07) is 7.44. The van der Waals surface area contributed by atoms with E-state index in [-0.39, 0.29) is 5.84 Å². The summed E-state index contributed by atoms with van der Waals surface area (Å²) < 4.78 is 0. The van der Waals surface area contributed by atoms with Crippen molar-refractivity contribution in [3.8, 4) is 0 Å². The Bertz CT molecular complexity index is 336. The van der Waals surface area contributed by atoms with Crippen LogP contribution in [0.1, 0.15) is 11.1 Å². The summed E-state index contributed by atoms with van der Waals surface area (Å²) in [5, 5.41) is 9.83. The van der Waals surface area contributed by atoms with E-state index in [2.05, 4.69) is 5.32 Å². The number of hydrogen-bond donors (Lipinski definition) is 3. The summed E-state index contributed by atoms with van der Waals surface area (Å²) in [7, 11) is 0. The van der Waals surface area contributed by atoms with Crippen LogP contribution < -0.4 is 11.1 Å². The lowest BCUT2D eigenvalue weighted by molar-refractivity contribution is -0.109. The first-order valence-corrected chi connectivity index (χ1v) is 4.34. The minimum Gasteiger partial charge on any atom is -0.384 e. The molecule has 0 aliphatic heterocycles. The van der Waals surface area contributed by atoms with Crippen LogP contribution in [0.25, 0.3) is 0 Å². The van der Waals surface area contributed by atoms with Crippen molar-refractivity contribution in [3.63, 3.8) is 0 Å². The lowest BCUT2D eigenvalue weighted by Crippen LogP contribution is -2.15. The molecule has 0 aliphatic rings. The van der Waals surface area contributed by atoms with Crippen molar-refractivity contribution in [2.75, 3.05) is 6.54 Å². The van der Waals surface area contributed by atoms with Crippen molar-refractivity contribution in [2.45, 2.75) is 6.42 Å². The van der Waals surface area contributed by atoms with Crippen molar-refractivity contribution in [3.05, 3.63) is 35.4 Å². The average molecular weight is 191 g/mol. The number of benzene rings is 1. The smallest absolute Gasteiger partial charge is 0.207 e. The van der Waals surface area contributed by atoms with Crippen LogP contribution in [-0.2, 0) is 11.2 Å². The highest BCUT2D eigenvalue weighted by molar-refractivity contribution is 5.95. The van der Waals surface area contributed by atoms with Crippen LogP contribution >= 0.6 is 0 Å². The molecule has 0 bridgehead atoms. The number of rotatable bonds is 5. The van der Waals surface area contributed by atoms with Gasteiger partial charge in [0.25, 0.3) is 0 Å². The number of carbonyl (C=O) groups is 1. The molecule has 0 radical (unpaired) electrons. The number of amides is 1. The number of nitrogens with one attached hydrogen (secondary N) is 2. The molecule has 0 saturated carbocycles. The minimum absolute atomic E-state index is 0.0650. The minimum atomic E-state index is 0.0650. The quantitative estimate of drug-likeness (QED) is 0.270. The fraction of sp³-hybridized carbons (Fsp3) is 0.200. The zero-order chi connectivity index (χ0) is 10.4. The number of nitrogen functional groups attached to an aromatic ring is 1. The fourth-order valence-electron chi connectivity index (χ4n) is 1.17. The highest BCUT2D eigenvalue weighted by Crippen LogP contribution is 2.04. The maximum absolute atomic E-state index is 10.0. The second-order valence-corrected chi connectivity index (χ2v) is 2.94. The predicted octanol–water partition coefficient (Wildman–Crippen LogP) is 0.259. The summed E-state index contributed by atoms with van der Waals surface area (Å²) in [4.78, 5) is 10.0. The Labute approximate surface area is 82.6 Å². The number of nitrogens with two attached hydrogens (primary N) is 1. The van der Waals surface area contributed by atoms with E-state index in [1.165, 1.54) is 0 Å². The van der Waals surface area contributed by atoms with Crippen LogP contribution in [0.5, 0.6) is 0 Å². The van der Waals surface area contributed by atoms with Gasteiger partial charge < -0.3 is 11.1 Å². The monoisotopic (exact) mass is 191 g/mol. The van der Waals surface area contributed by atoms with E-state index in [0.717, 1.165) is 12.0 Å². The van der Waals surface area contributed by atoms with Crippen molar-refractivity contribution in [1.29, 1.82) is 5.41 Å². The second-order valence-electron chi connectivity index (χ2n) is 2.94. The van der Waals surface area contributed by atoms with Crippen molar-refractivity contribution < 1.29 is 4.79 Å². The van der Waals surface area contributed by atoms with Crippen molar-refractivity contribution >= 4 is 12.2 Å². The highest BCUT2D eigenvalue weighted by Gasteiger charge is 1.97. The van der Waals surface area contributed by atoms with E-state index in [0.29, 0.717) is 18.5 Å². The van der Waals surface area contributed by atoms with E-state index in [4.69, 9.17) is 11.1 Å². The third kappa shape index (κ3) is 2.90. The highest BCUT2D eigenvalue weighted by atomic mass is 16.1. The molecule has 0 atom stereocenters. The molecule has 0 saturated heterocycles. The first-order chi connectivity index (χ1) is 6.74. The third-order valence-electron chi connectivity index (χ3n) is 1.88. The second kappa shape index (κ2) is 5.01. The standard InChI is InChI=1S/C10H13N3O/c11-10(12)9-3-1-2-8(6-9)4-5-13-7-14/h1-3,6-7H,4-5H2,(H3,11,12)(H,13,14). The molecule has 0 unspecified atom stereocenters. The maximum atomic E-state index is 10.0. The summed E-state index contributed by atoms with van der Waals surface area (Å²) >= 11 is 0. The van der Waals surface area contributed by atoms with Gasteiger partial charge in [0.05, 0.1) is 0 Å². The molecular weight excluding hydrogens is 178 g/mol. The van der Waals surface area contributed by atoms with Gasteiger partial charge in [-0.15, -0.1) is 0 Å². The molecule has 0 fully saturated rings. The van der Waals surface area contributed by atoms with Gasteiger partial charge in [-0.05, 0) is 18.1 Å². The molecule has 1 aromatic rings. The number of hydrogen-bond acceptors (Lipinski definition) is 2. The molecule has 1 aromatic carbocycles. The van der Waals surface area contributed by atoms with E-state index < -0.39 is 0 Å². The van der Waals surface area contributed by atoms with E-state index >= 15 is 0 Å². The summed E-state index contributed by atoms with van der Waals surface area (Å²) in [5.41, 5.74) is 7.13. The Morgan fingerprint density at radius 2 is 2.36 bits per heavy atom. The van der Waals surface area contributed by atoms with Crippen molar-refractivity contribution in [2.24, 2.45) is 5.73 Å². The van der Waals surface area contributed by atoms with Crippen LogP contribution in [0.15, 0.2) is 24.3 Å². The molecule has 4 nitrogen and oxygen atoms in total. The SMILES string of the molecule is N=C(N)c1cccc(CCNC=O)c1. The van der Waals surface area contributed by atoms with Gasteiger partial charge in [0.1, 0.15) is 5.84 Å². The molecule has 4 heteroatoms. The van der Waals surface area contributed by atoms with E-state index in [1.54, 1.807) is 6.07 Å². The van der Waals surface area contributed by atoms with Crippen LogP contribution in [0.2, 0.25) is 0 Å². The Hall–Kier alpha value is -1.84. The molecule has 0 aliphatic carbocycles. The summed E-state index contributed by atoms with van der Waals surface area (Å²) in [6.45, 7) is 0.602. The fourth-order valence-corrected chi connectivity index (χ4v) is 1.17. The van der Waals surface area contributed by atoms with Gasteiger partial charge in [-0.2, -0.15) is 0 Å². The molecule has 1 amide bonds. The van der Waals surface area contributed by atoms with Gasteiger partial charge in [0.15, 0.2) is 0 Å². The van der Waals surface area contributed by atoms with Gasteiger partial charge in [0, 0.05) is 12.1 Å². The molecular formula is C10H13N3O. The Balaban J connectivity index is 2.63. The molecule has 4 N–H and O–H groups in total. The van der Waals surface area contributed by atoms with Gasteiger partial charge in [-0.1, -0.05) is 18.2 Å². The van der Waals surface area contributed by atoms with E-state index in [1.807, 2.05) is 18.2 Å². The predicted molar refractivity (Wildman–Crippen MR) is 55.2 cm³/mol. The molecule has 0 spiro atoms. The van der Waals surface area contributed by atoms with Gasteiger partial charge in [0.2, 0.25) is 6.41 Å². The van der Waals surface area contributed by atoms with Crippen LogP contribution in [-0.4, -0.2) is 18.8 Å². The number of carbonyl (C=O) groups excluding carboxylic acids is 1. The van der Waals surface area contributed by atoms with Gasteiger partial charge in [-0.3, -0.25) is 10.2 Å². The topological polar surface area (TPSA) is 79.0 Å². The zero-order valence-corrected chi connectivity index (χ0v) is 7.79. The lowest BCUT2D eigenvalue weighted by Gasteiger charge is -2.03. The average Bonchev–Trinajstić information content (AvgIpc) is 2.19. The molecule has 74 valence electrons.